The first kappa shape index (κ1) is 14.7. The molecule has 0 spiro atoms. The van der Waals surface area contributed by atoms with E-state index in [0.29, 0.717) is 4.47 Å². The molecule has 2 N–H and O–H groups in total. The van der Waals surface area contributed by atoms with E-state index in [1.54, 1.807) is 0 Å². The summed E-state index contributed by atoms with van der Waals surface area (Å²) in [6, 6.07) is 6.28. The van der Waals surface area contributed by atoms with Gasteiger partial charge in [0.15, 0.2) is 5.76 Å². The molecule has 1 heterocycles. The van der Waals surface area contributed by atoms with Crippen molar-refractivity contribution in [3.05, 3.63) is 56.2 Å². The third kappa shape index (κ3) is 3.26. The second-order valence-corrected chi connectivity index (χ2v) is 4.70. The van der Waals surface area contributed by atoms with Crippen LogP contribution in [0.5, 0.6) is 0 Å². The summed E-state index contributed by atoms with van der Waals surface area (Å²) in [6.07, 6.45) is 0. The Kier molecular flexibility index (Phi) is 4.03. The maximum absolute atomic E-state index is 11.9. The zero-order valence-electron chi connectivity index (χ0n) is 10.2. The lowest BCUT2D eigenvalue weighted by molar-refractivity contribution is -0.402. The molecule has 21 heavy (non-hydrogen) atoms. The van der Waals surface area contributed by atoms with Gasteiger partial charge in [-0.05, 0) is 40.2 Å². The minimum Gasteiger partial charge on any atom is -0.478 e. The minimum atomic E-state index is -1.15. The van der Waals surface area contributed by atoms with Crippen molar-refractivity contribution in [1.29, 1.82) is 0 Å². The van der Waals surface area contributed by atoms with E-state index in [-0.39, 0.29) is 17.0 Å². The van der Waals surface area contributed by atoms with Gasteiger partial charge in [0.05, 0.1) is 17.3 Å². The molecule has 1 amide bonds. The summed E-state index contributed by atoms with van der Waals surface area (Å²) in [7, 11) is 0. The minimum absolute atomic E-state index is 0.0149. The number of carboxylic acid groups (broad SMARTS) is 1. The van der Waals surface area contributed by atoms with Gasteiger partial charge in [0.2, 0.25) is 0 Å². The average molecular weight is 355 g/mol. The van der Waals surface area contributed by atoms with Crippen molar-refractivity contribution < 1.29 is 24.0 Å². The first-order valence-corrected chi connectivity index (χ1v) is 6.26. The van der Waals surface area contributed by atoms with E-state index in [1.807, 2.05) is 0 Å². The Morgan fingerprint density at radius 2 is 2.00 bits per heavy atom. The fourth-order valence-corrected chi connectivity index (χ4v) is 1.83. The number of halogens is 1. The van der Waals surface area contributed by atoms with Gasteiger partial charge in [-0.1, -0.05) is 0 Å². The Bertz CT molecular complexity index is 739. The van der Waals surface area contributed by atoms with Crippen molar-refractivity contribution in [2.24, 2.45) is 0 Å². The first-order valence-electron chi connectivity index (χ1n) is 5.47. The van der Waals surface area contributed by atoms with Crippen molar-refractivity contribution >= 4 is 39.4 Å². The van der Waals surface area contributed by atoms with E-state index >= 15 is 0 Å². The van der Waals surface area contributed by atoms with Gasteiger partial charge in [-0.2, -0.15) is 0 Å². The molecule has 0 bridgehead atoms. The van der Waals surface area contributed by atoms with Gasteiger partial charge in [-0.15, -0.1) is 0 Å². The van der Waals surface area contributed by atoms with E-state index in [0.717, 1.165) is 12.1 Å². The molecule has 0 saturated carbocycles. The quantitative estimate of drug-likeness (QED) is 0.642. The van der Waals surface area contributed by atoms with E-state index in [1.165, 1.54) is 18.2 Å². The van der Waals surface area contributed by atoms with Crippen molar-refractivity contribution in [3.8, 4) is 0 Å². The van der Waals surface area contributed by atoms with Gasteiger partial charge in [-0.3, -0.25) is 14.9 Å². The number of nitrogens with one attached hydrogen (secondary N) is 1. The SMILES string of the molecule is O=C(O)c1ccc(Br)c(NC(=O)c2ccc([N+](=O)[O-])o2)c1. The summed E-state index contributed by atoms with van der Waals surface area (Å²) in [6.45, 7) is 0. The number of hydrogen-bond acceptors (Lipinski definition) is 5. The molecule has 0 aliphatic rings. The molecule has 9 heteroatoms. The predicted molar refractivity (Wildman–Crippen MR) is 74.4 cm³/mol. The number of hydrogen-bond donors (Lipinski definition) is 2. The van der Waals surface area contributed by atoms with E-state index in [2.05, 4.69) is 21.2 Å². The number of rotatable bonds is 4. The molecule has 0 aliphatic carbocycles. The highest BCUT2D eigenvalue weighted by molar-refractivity contribution is 9.10. The largest absolute Gasteiger partial charge is 0.478 e. The number of anilines is 1. The number of aromatic carboxylic acids is 1. The summed E-state index contributed by atoms with van der Waals surface area (Å²) in [4.78, 5) is 32.5. The maximum Gasteiger partial charge on any atom is 0.433 e. The Labute approximate surface area is 125 Å². The zero-order valence-corrected chi connectivity index (χ0v) is 11.8. The molecule has 0 atom stereocenters. The maximum atomic E-state index is 11.9. The number of nitro groups is 1. The van der Waals surface area contributed by atoms with Crippen LogP contribution in [-0.4, -0.2) is 21.9 Å². The predicted octanol–water partition coefficient (Wildman–Crippen LogP) is 2.90. The molecular weight excluding hydrogens is 348 g/mol. The van der Waals surface area contributed by atoms with Gasteiger partial charge < -0.3 is 14.8 Å². The normalized spacial score (nSPS) is 10.1. The number of nitrogens with zero attached hydrogens (tertiary/aromatic N) is 1. The van der Waals surface area contributed by atoms with Crippen molar-refractivity contribution in [3.63, 3.8) is 0 Å². The zero-order chi connectivity index (χ0) is 15.6. The fraction of sp³-hybridized carbons (Fsp3) is 0. The molecule has 0 fully saturated rings. The highest BCUT2D eigenvalue weighted by Gasteiger charge is 2.18. The van der Waals surface area contributed by atoms with Gasteiger partial charge in [0.1, 0.15) is 4.92 Å². The average Bonchev–Trinajstić information content (AvgIpc) is 2.90. The summed E-state index contributed by atoms with van der Waals surface area (Å²) >= 11 is 3.16. The molecule has 2 rings (SSSR count). The summed E-state index contributed by atoms with van der Waals surface area (Å²) in [5, 5.41) is 21.8. The van der Waals surface area contributed by atoms with Gasteiger partial charge >= 0.3 is 11.9 Å². The van der Waals surface area contributed by atoms with Crippen LogP contribution in [0.15, 0.2) is 39.2 Å². The lowest BCUT2D eigenvalue weighted by Crippen LogP contribution is -2.12. The lowest BCUT2D eigenvalue weighted by atomic mass is 10.2. The smallest absolute Gasteiger partial charge is 0.433 e. The third-order valence-electron chi connectivity index (χ3n) is 2.46. The number of amides is 1. The van der Waals surface area contributed by atoms with E-state index < -0.39 is 22.7 Å². The molecular formula is C12H7BrN2O6. The van der Waals surface area contributed by atoms with Crippen LogP contribution in [0.1, 0.15) is 20.9 Å². The van der Waals surface area contributed by atoms with Crippen molar-refractivity contribution in [2.45, 2.75) is 0 Å². The van der Waals surface area contributed by atoms with E-state index in [4.69, 9.17) is 9.52 Å². The Morgan fingerprint density at radius 1 is 1.29 bits per heavy atom. The van der Waals surface area contributed by atoms with Crippen LogP contribution in [0.3, 0.4) is 0 Å². The standard InChI is InChI=1S/C12H7BrN2O6/c13-7-2-1-6(12(17)18)5-8(7)14-11(16)9-3-4-10(21-9)15(19)20/h1-5H,(H,14,16)(H,17,18). The summed E-state index contributed by atoms with van der Waals surface area (Å²) in [5.41, 5.74) is 0.192. The molecule has 2 aromatic rings. The number of benzene rings is 1. The number of carbonyl (C=O) groups excluding carboxylic acids is 1. The van der Waals surface area contributed by atoms with Crippen LogP contribution >= 0.6 is 15.9 Å². The Hall–Kier alpha value is -2.68. The lowest BCUT2D eigenvalue weighted by Gasteiger charge is -2.06. The first-order chi connectivity index (χ1) is 9.88. The van der Waals surface area contributed by atoms with Gasteiger partial charge in [0, 0.05) is 4.47 Å². The third-order valence-corrected chi connectivity index (χ3v) is 3.15. The van der Waals surface area contributed by atoms with Crippen LogP contribution < -0.4 is 5.32 Å². The monoisotopic (exact) mass is 354 g/mol. The van der Waals surface area contributed by atoms with Crippen LogP contribution in [0.25, 0.3) is 0 Å². The van der Waals surface area contributed by atoms with Crippen molar-refractivity contribution in [1.82, 2.24) is 0 Å². The van der Waals surface area contributed by atoms with Gasteiger partial charge in [0.25, 0.3) is 5.91 Å². The highest BCUT2D eigenvalue weighted by Crippen LogP contribution is 2.25. The molecule has 1 aromatic carbocycles. The Balaban J connectivity index is 2.24. The van der Waals surface area contributed by atoms with Crippen molar-refractivity contribution in [2.75, 3.05) is 5.32 Å². The van der Waals surface area contributed by atoms with E-state index in [9.17, 15) is 19.7 Å². The molecule has 1 aromatic heterocycles. The number of carbonyl (C=O) groups is 2. The van der Waals surface area contributed by atoms with Crippen LogP contribution in [0.4, 0.5) is 11.6 Å². The summed E-state index contributed by atoms with van der Waals surface area (Å²) < 4.78 is 5.21. The molecule has 0 saturated heterocycles. The Morgan fingerprint density at radius 3 is 2.57 bits per heavy atom. The van der Waals surface area contributed by atoms with Crippen LogP contribution in [0, 0.1) is 10.1 Å². The summed E-state index contributed by atoms with van der Waals surface area (Å²) in [5.74, 6) is -2.69. The molecule has 0 radical (unpaired) electrons. The topological polar surface area (TPSA) is 123 Å². The van der Waals surface area contributed by atoms with Gasteiger partial charge in [-0.25, -0.2) is 4.79 Å². The number of furan rings is 1. The fourth-order valence-electron chi connectivity index (χ4n) is 1.49. The molecule has 0 aliphatic heterocycles. The molecule has 108 valence electrons. The van der Waals surface area contributed by atoms with Crippen LogP contribution in [-0.2, 0) is 0 Å². The molecule has 0 unspecified atom stereocenters. The number of carboxylic acids is 1. The second-order valence-electron chi connectivity index (χ2n) is 3.85. The highest BCUT2D eigenvalue weighted by atomic mass is 79.9. The second kappa shape index (κ2) is 5.75. The van der Waals surface area contributed by atoms with Crippen LogP contribution in [0.2, 0.25) is 0 Å². The molecule has 8 nitrogen and oxygen atoms in total.